The van der Waals surface area contributed by atoms with Crippen LogP contribution in [0.2, 0.25) is 0 Å². The molecule has 2 unspecified atom stereocenters. The molecule has 0 aromatic heterocycles. The summed E-state index contributed by atoms with van der Waals surface area (Å²) in [5.41, 5.74) is 0. The van der Waals surface area contributed by atoms with Crippen LogP contribution in [0.4, 0.5) is 0 Å². The number of rotatable bonds is 2. The van der Waals surface area contributed by atoms with Gasteiger partial charge in [0.05, 0.1) is 6.04 Å². The lowest BCUT2D eigenvalue weighted by atomic mass is 9.86. The van der Waals surface area contributed by atoms with Crippen molar-refractivity contribution in [3.8, 4) is 0 Å². The van der Waals surface area contributed by atoms with E-state index in [-0.39, 0.29) is 24.3 Å². The SMILES string of the molecule is CC.CNC(=O)CC(=O)N1CCCC2C=CC=CC21. The number of likely N-dealkylation sites (tertiary alicyclic amines) is 1. The molecule has 1 heterocycles. The van der Waals surface area contributed by atoms with Gasteiger partial charge < -0.3 is 10.2 Å². The topological polar surface area (TPSA) is 49.4 Å². The van der Waals surface area contributed by atoms with Crippen LogP contribution in [0.15, 0.2) is 24.3 Å². The van der Waals surface area contributed by atoms with Gasteiger partial charge in [-0.25, -0.2) is 0 Å². The highest BCUT2D eigenvalue weighted by molar-refractivity contribution is 5.97. The fourth-order valence-electron chi connectivity index (χ4n) is 2.51. The highest BCUT2D eigenvalue weighted by Gasteiger charge is 2.32. The molecule has 4 nitrogen and oxygen atoms in total. The number of carbonyl (C=O) groups is 2. The van der Waals surface area contributed by atoms with Gasteiger partial charge in [0.15, 0.2) is 0 Å². The van der Waals surface area contributed by atoms with E-state index in [0.29, 0.717) is 5.92 Å². The van der Waals surface area contributed by atoms with Crippen molar-refractivity contribution in [3.63, 3.8) is 0 Å². The Morgan fingerprint density at radius 1 is 1.26 bits per heavy atom. The molecule has 1 N–H and O–H groups in total. The van der Waals surface area contributed by atoms with Crippen molar-refractivity contribution in [1.82, 2.24) is 10.2 Å². The maximum absolute atomic E-state index is 12.0. The van der Waals surface area contributed by atoms with E-state index in [4.69, 9.17) is 0 Å². The molecule has 0 aromatic carbocycles. The van der Waals surface area contributed by atoms with Gasteiger partial charge >= 0.3 is 0 Å². The first-order chi connectivity index (χ1) is 9.22. The molecule has 0 radical (unpaired) electrons. The van der Waals surface area contributed by atoms with Gasteiger partial charge in [-0.15, -0.1) is 0 Å². The van der Waals surface area contributed by atoms with Crippen LogP contribution in [-0.2, 0) is 9.59 Å². The van der Waals surface area contributed by atoms with Crippen molar-refractivity contribution < 1.29 is 9.59 Å². The zero-order chi connectivity index (χ0) is 14.3. The van der Waals surface area contributed by atoms with Gasteiger partial charge in [-0.05, 0) is 12.8 Å². The van der Waals surface area contributed by atoms with E-state index in [2.05, 4.69) is 17.5 Å². The molecule has 19 heavy (non-hydrogen) atoms. The van der Waals surface area contributed by atoms with Crippen LogP contribution >= 0.6 is 0 Å². The van der Waals surface area contributed by atoms with Crippen LogP contribution in [0.1, 0.15) is 33.1 Å². The molecule has 0 saturated carbocycles. The maximum atomic E-state index is 12.0. The summed E-state index contributed by atoms with van der Waals surface area (Å²) in [7, 11) is 1.55. The normalized spacial score (nSPS) is 24.1. The second kappa shape index (κ2) is 7.77. The molecule has 1 aliphatic carbocycles. The number of nitrogens with one attached hydrogen (secondary N) is 1. The molecule has 1 saturated heterocycles. The Morgan fingerprint density at radius 2 is 1.95 bits per heavy atom. The quantitative estimate of drug-likeness (QED) is 0.774. The standard InChI is InChI=1S/C13H18N2O2.C2H6/c1-14-12(16)9-13(17)15-8-4-6-10-5-2-3-7-11(10)15;1-2/h2-3,5,7,10-11H,4,6,8-9H2,1H3,(H,14,16);1-2H3. The molecular formula is C15H24N2O2. The molecule has 2 aliphatic rings. The fourth-order valence-corrected chi connectivity index (χ4v) is 2.51. The van der Waals surface area contributed by atoms with E-state index in [9.17, 15) is 9.59 Å². The first-order valence-electron chi connectivity index (χ1n) is 7.07. The van der Waals surface area contributed by atoms with Crippen LogP contribution in [-0.4, -0.2) is 36.3 Å². The van der Waals surface area contributed by atoms with Crippen LogP contribution < -0.4 is 5.32 Å². The molecule has 4 heteroatoms. The summed E-state index contributed by atoms with van der Waals surface area (Å²) in [5.74, 6) is 0.133. The van der Waals surface area contributed by atoms with Gasteiger partial charge in [0, 0.05) is 19.5 Å². The first-order valence-corrected chi connectivity index (χ1v) is 7.07. The summed E-state index contributed by atoms with van der Waals surface area (Å²) < 4.78 is 0. The molecule has 2 amide bonds. The van der Waals surface area contributed by atoms with Crippen molar-refractivity contribution in [2.24, 2.45) is 5.92 Å². The Bertz CT molecular complexity index is 374. The van der Waals surface area contributed by atoms with Crippen LogP contribution in [0.5, 0.6) is 0 Å². The molecule has 1 aliphatic heterocycles. The lowest BCUT2D eigenvalue weighted by Gasteiger charge is -2.39. The largest absolute Gasteiger partial charge is 0.359 e. The van der Waals surface area contributed by atoms with Gasteiger partial charge in [0.1, 0.15) is 6.42 Å². The number of carbonyl (C=O) groups excluding carboxylic acids is 2. The third kappa shape index (κ3) is 3.94. The van der Waals surface area contributed by atoms with Crippen LogP contribution in [0, 0.1) is 5.92 Å². The predicted molar refractivity (Wildman–Crippen MR) is 76.5 cm³/mol. The average Bonchev–Trinajstić information content (AvgIpc) is 2.48. The summed E-state index contributed by atoms with van der Waals surface area (Å²) in [6.07, 6.45) is 10.3. The summed E-state index contributed by atoms with van der Waals surface area (Å²) in [5, 5.41) is 2.49. The molecule has 1 fully saturated rings. The summed E-state index contributed by atoms with van der Waals surface area (Å²) in [6, 6.07) is 0.144. The number of amides is 2. The lowest BCUT2D eigenvalue weighted by Crippen LogP contribution is -2.48. The number of fused-ring (bicyclic) bond motifs is 1. The zero-order valence-electron chi connectivity index (χ0n) is 12.1. The Morgan fingerprint density at radius 3 is 2.63 bits per heavy atom. The monoisotopic (exact) mass is 264 g/mol. The highest BCUT2D eigenvalue weighted by atomic mass is 16.2. The van der Waals surface area contributed by atoms with E-state index >= 15 is 0 Å². The number of allylic oxidation sites excluding steroid dienone is 2. The second-order valence-corrected chi connectivity index (χ2v) is 4.50. The molecule has 0 aromatic rings. The first kappa shape index (κ1) is 15.5. The van der Waals surface area contributed by atoms with Crippen molar-refractivity contribution in [2.45, 2.75) is 39.2 Å². The predicted octanol–water partition coefficient (Wildman–Crippen LogP) is 1.88. The third-order valence-electron chi connectivity index (χ3n) is 3.42. The van der Waals surface area contributed by atoms with Gasteiger partial charge in [-0.2, -0.15) is 0 Å². The van der Waals surface area contributed by atoms with E-state index in [1.165, 1.54) is 0 Å². The average molecular weight is 264 g/mol. The zero-order valence-corrected chi connectivity index (χ0v) is 12.1. The highest BCUT2D eigenvalue weighted by Crippen LogP contribution is 2.28. The van der Waals surface area contributed by atoms with Gasteiger partial charge in [0.2, 0.25) is 11.8 Å². The number of nitrogens with zero attached hydrogens (tertiary/aromatic N) is 1. The number of hydrogen-bond donors (Lipinski definition) is 1. The minimum absolute atomic E-state index is 0.0444. The molecular weight excluding hydrogens is 240 g/mol. The van der Waals surface area contributed by atoms with Gasteiger partial charge in [0.25, 0.3) is 0 Å². The summed E-state index contributed by atoms with van der Waals surface area (Å²) in [4.78, 5) is 25.1. The Labute approximate surface area is 115 Å². The van der Waals surface area contributed by atoms with Crippen LogP contribution in [0.25, 0.3) is 0 Å². The molecule has 0 spiro atoms. The third-order valence-corrected chi connectivity index (χ3v) is 3.42. The lowest BCUT2D eigenvalue weighted by molar-refractivity contribution is -0.138. The Kier molecular flexibility index (Phi) is 6.33. The molecule has 0 bridgehead atoms. The Hall–Kier alpha value is -1.58. The molecule has 2 rings (SSSR count). The number of hydrogen-bond acceptors (Lipinski definition) is 2. The van der Waals surface area contributed by atoms with Crippen molar-refractivity contribution >= 4 is 11.8 Å². The fraction of sp³-hybridized carbons (Fsp3) is 0.600. The number of piperidine rings is 1. The molecule has 106 valence electrons. The Balaban J connectivity index is 0.000000861. The van der Waals surface area contributed by atoms with E-state index in [0.717, 1.165) is 19.4 Å². The maximum Gasteiger partial charge on any atom is 0.232 e. The van der Waals surface area contributed by atoms with E-state index in [1.54, 1.807) is 7.05 Å². The van der Waals surface area contributed by atoms with Crippen LogP contribution in [0.3, 0.4) is 0 Å². The van der Waals surface area contributed by atoms with Crippen molar-refractivity contribution in [1.29, 1.82) is 0 Å². The van der Waals surface area contributed by atoms with E-state index < -0.39 is 0 Å². The minimum Gasteiger partial charge on any atom is -0.359 e. The molecule has 2 atom stereocenters. The summed E-state index contributed by atoms with van der Waals surface area (Å²) >= 11 is 0. The van der Waals surface area contributed by atoms with Gasteiger partial charge in [-0.3, -0.25) is 9.59 Å². The summed E-state index contributed by atoms with van der Waals surface area (Å²) in [6.45, 7) is 4.76. The second-order valence-electron chi connectivity index (χ2n) is 4.50. The van der Waals surface area contributed by atoms with Crippen molar-refractivity contribution in [3.05, 3.63) is 24.3 Å². The van der Waals surface area contributed by atoms with E-state index in [1.807, 2.05) is 30.9 Å². The van der Waals surface area contributed by atoms with Gasteiger partial charge in [-0.1, -0.05) is 38.2 Å². The minimum atomic E-state index is -0.215. The van der Waals surface area contributed by atoms with Crippen molar-refractivity contribution in [2.75, 3.05) is 13.6 Å². The smallest absolute Gasteiger partial charge is 0.232 e.